The first-order chi connectivity index (χ1) is 9.65. The van der Waals surface area contributed by atoms with E-state index in [4.69, 9.17) is 15.2 Å². The van der Waals surface area contributed by atoms with Gasteiger partial charge in [0.25, 0.3) is 0 Å². The zero-order valence-corrected chi connectivity index (χ0v) is 12.0. The Morgan fingerprint density at radius 3 is 2.85 bits per heavy atom. The molecule has 0 radical (unpaired) electrons. The van der Waals surface area contributed by atoms with E-state index in [0.29, 0.717) is 12.4 Å². The van der Waals surface area contributed by atoms with Crippen molar-refractivity contribution in [2.45, 2.75) is 33.0 Å². The van der Waals surface area contributed by atoms with Gasteiger partial charge >= 0.3 is 0 Å². The average molecular weight is 276 g/mol. The van der Waals surface area contributed by atoms with Gasteiger partial charge in [-0.2, -0.15) is 5.10 Å². The maximum absolute atomic E-state index is 5.96. The molecule has 6 heteroatoms. The van der Waals surface area contributed by atoms with E-state index in [0.717, 1.165) is 23.7 Å². The van der Waals surface area contributed by atoms with Crippen molar-refractivity contribution in [1.82, 2.24) is 14.8 Å². The lowest BCUT2D eigenvalue weighted by molar-refractivity contribution is 0.281. The molecule has 0 unspecified atom stereocenters. The second-order valence-corrected chi connectivity index (χ2v) is 4.47. The van der Waals surface area contributed by atoms with E-state index in [1.54, 1.807) is 11.8 Å². The van der Waals surface area contributed by atoms with Crippen molar-refractivity contribution < 1.29 is 9.47 Å². The topological polar surface area (TPSA) is 75.2 Å². The maximum atomic E-state index is 5.96. The summed E-state index contributed by atoms with van der Waals surface area (Å²) in [5, 5.41) is 4.11. The van der Waals surface area contributed by atoms with Crippen molar-refractivity contribution in [1.29, 1.82) is 0 Å². The summed E-state index contributed by atoms with van der Waals surface area (Å²) in [7, 11) is 1.62. The van der Waals surface area contributed by atoms with Gasteiger partial charge in [-0.3, -0.25) is 0 Å². The van der Waals surface area contributed by atoms with Crippen molar-refractivity contribution in [2.24, 2.45) is 5.73 Å². The van der Waals surface area contributed by atoms with Gasteiger partial charge in [0.2, 0.25) is 0 Å². The molecule has 2 aromatic rings. The monoisotopic (exact) mass is 276 g/mol. The van der Waals surface area contributed by atoms with Gasteiger partial charge in [-0.05, 0) is 19.9 Å². The largest absolute Gasteiger partial charge is 0.497 e. The first-order valence-corrected chi connectivity index (χ1v) is 6.58. The molecule has 1 aromatic carbocycles. The Kier molecular flexibility index (Phi) is 4.57. The van der Waals surface area contributed by atoms with Crippen LogP contribution in [0.3, 0.4) is 0 Å². The number of aryl methyl sites for hydroxylation is 1. The molecule has 1 heterocycles. The van der Waals surface area contributed by atoms with Crippen LogP contribution in [0.1, 0.15) is 31.3 Å². The van der Waals surface area contributed by atoms with E-state index >= 15 is 0 Å². The Labute approximate surface area is 118 Å². The molecule has 0 amide bonds. The highest BCUT2D eigenvalue weighted by Gasteiger charge is 2.11. The van der Waals surface area contributed by atoms with Gasteiger partial charge in [0.1, 0.15) is 24.4 Å². The molecule has 0 spiro atoms. The fourth-order valence-corrected chi connectivity index (χ4v) is 1.95. The van der Waals surface area contributed by atoms with Crippen LogP contribution in [0.4, 0.5) is 0 Å². The first-order valence-electron chi connectivity index (χ1n) is 6.58. The molecular formula is C14H20N4O2. The number of aromatic nitrogens is 3. The molecule has 108 valence electrons. The number of ether oxygens (including phenoxy) is 2. The van der Waals surface area contributed by atoms with Crippen molar-refractivity contribution in [2.75, 3.05) is 7.11 Å². The van der Waals surface area contributed by atoms with E-state index in [2.05, 4.69) is 10.1 Å². The quantitative estimate of drug-likeness (QED) is 0.872. The molecule has 0 aliphatic heterocycles. The predicted octanol–water partition coefficient (Wildman–Crippen LogP) is 1.91. The van der Waals surface area contributed by atoms with Gasteiger partial charge in [0.15, 0.2) is 5.82 Å². The molecule has 1 atom stereocenters. The molecule has 2 rings (SSSR count). The van der Waals surface area contributed by atoms with Crippen LogP contribution in [0, 0.1) is 0 Å². The second-order valence-electron chi connectivity index (χ2n) is 4.47. The highest BCUT2D eigenvalue weighted by atomic mass is 16.5. The lowest BCUT2D eigenvalue weighted by Gasteiger charge is -2.15. The second kappa shape index (κ2) is 6.38. The van der Waals surface area contributed by atoms with E-state index < -0.39 is 0 Å². The number of methoxy groups -OCH3 is 1. The van der Waals surface area contributed by atoms with Crippen LogP contribution in [0.25, 0.3) is 0 Å². The van der Waals surface area contributed by atoms with Crippen LogP contribution in [-0.4, -0.2) is 21.9 Å². The Balaban J connectivity index is 2.19. The predicted molar refractivity (Wildman–Crippen MR) is 75.6 cm³/mol. The van der Waals surface area contributed by atoms with Gasteiger partial charge in [-0.25, -0.2) is 9.67 Å². The summed E-state index contributed by atoms with van der Waals surface area (Å²) in [4.78, 5) is 4.18. The molecular weight excluding hydrogens is 256 g/mol. The highest BCUT2D eigenvalue weighted by Crippen LogP contribution is 2.29. The Morgan fingerprint density at radius 1 is 1.40 bits per heavy atom. The molecule has 20 heavy (non-hydrogen) atoms. The maximum Gasteiger partial charge on any atom is 0.164 e. The number of nitrogens with zero attached hydrogens (tertiary/aromatic N) is 3. The molecule has 1 aromatic heterocycles. The summed E-state index contributed by atoms with van der Waals surface area (Å²) in [5.74, 6) is 2.23. The van der Waals surface area contributed by atoms with Gasteiger partial charge in [-0.1, -0.05) is 6.07 Å². The third kappa shape index (κ3) is 3.08. The summed E-state index contributed by atoms with van der Waals surface area (Å²) < 4.78 is 12.9. The minimum Gasteiger partial charge on any atom is -0.497 e. The third-order valence-corrected chi connectivity index (χ3v) is 3.06. The van der Waals surface area contributed by atoms with Gasteiger partial charge in [0.05, 0.1) is 7.11 Å². The SMILES string of the molecule is CCn1ncnc1COc1cc(OC)ccc1[C@H](C)N. The van der Waals surface area contributed by atoms with Crippen molar-refractivity contribution in [3.8, 4) is 11.5 Å². The van der Waals surface area contributed by atoms with Crippen LogP contribution in [0.5, 0.6) is 11.5 Å². The summed E-state index contributed by atoms with van der Waals surface area (Å²) in [6.07, 6.45) is 1.53. The van der Waals surface area contributed by atoms with Crippen molar-refractivity contribution >= 4 is 0 Å². The molecule has 0 bridgehead atoms. The Hall–Kier alpha value is -2.08. The van der Waals surface area contributed by atoms with E-state index in [-0.39, 0.29) is 6.04 Å². The zero-order valence-electron chi connectivity index (χ0n) is 12.0. The smallest absolute Gasteiger partial charge is 0.164 e. The van der Waals surface area contributed by atoms with Crippen LogP contribution in [-0.2, 0) is 13.2 Å². The average Bonchev–Trinajstić information content (AvgIpc) is 2.91. The lowest BCUT2D eigenvalue weighted by atomic mass is 10.1. The third-order valence-electron chi connectivity index (χ3n) is 3.06. The Morgan fingerprint density at radius 2 is 2.20 bits per heavy atom. The minimum absolute atomic E-state index is 0.111. The summed E-state index contributed by atoms with van der Waals surface area (Å²) >= 11 is 0. The van der Waals surface area contributed by atoms with E-state index in [1.165, 1.54) is 6.33 Å². The molecule has 0 saturated carbocycles. The Bertz CT molecular complexity index is 566. The highest BCUT2D eigenvalue weighted by molar-refractivity contribution is 5.42. The fourth-order valence-electron chi connectivity index (χ4n) is 1.95. The molecule has 0 aliphatic rings. The minimum atomic E-state index is -0.111. The van der Waals surface area contributed by atoms with Crippen molar-refractivity contribution in [3.63, 3.8) is 0 Å². The molecule has 0 fully saturated rings. The standard InChI is InChI=1S/C14H20N4O2/c1-4-18-14(16-9-17-18)8-20-13-7-11(19-3)5-6-12(13)10(2)15/h5-7,9-10H,4,8,15H2,1-3H3/t10-/m0/s1. The van der Waals surface area contributed by atoms with Gasteiger partial charge in [0, 0.05) is 24.2 Å². The number of rotatable bonds is 6. The molecule has 0 saturated heterocycles. The summed E-state index contributed by atoms with van der Waals surface area (Å²) in [6.45, 7) is 5.04. The van der Waals surface area contributed by atoms with Gasteiger partial charge in [-0.15, -0.1) is 0 Å². The first kappa shape index (κ1) is 14.3. The number of nitrogens with two attached hydrogens (primary N) is 1. The van der Waals surface area contributed by atoms with Gasteiger partial charge < -0.3 is 15.2 Å². The van der Waals surface area contributed by atoms with E-state index in [9.17, 15) is 0 Å². The molecule has 0 aliphatic carbocycles. The molecule has 6 nitrogen and oxygen atoms in total. The molecule has 2 N–H and O–H groups in total. The lowest BCUT2D eigenvalue weighted by Crippen LogP contribution is -2.11. The van der Waals surface area contributed by atoms with E-state index in [1.807, 2.05) is 32.0 Å². The van der Waals surface area contributed by atoms with Crippen LogP contribution >= 0.6 is 0 Å². The summed E-state index contributed by atoms with van der Waals surface area (Å²) in [6, 6.07) is 5.52. The number of hydrogen-bond donors (Lipinski definition) is 1. The van der Waals surface area contributed by atoms with Crippen LogP contribution in [0.15, 0.2) is 24.5 Å². The number of hydrogen-bond acceptors (Lipinski definition) is 5. The fraction of sp³-hybridized carbons (Fsp3) is 0.429. The zero-order chi connectivity index (χ0) is 14.5. The van der Waals surface area contributed by atoms with Crippen LogP contribution < -0.4 is 15.2 Å². The van der Waals surface area contributed by atoms with Crippen molar-refractivity contribution in [3.05, 3.63) is 35.9 Å². The normalized spacial score (nSPS) is 12.2. The number of benzene rings is 1. The summed E-state index contributed by atoms with van der Waals surface area (Å²) in [5.41, 5.74) is 6.90. The van der Waals surface area contributed by atoms with Crippen LogP contribution in [0.2, 0.25) is 0 Å².